The lowest BCUT2D eigenvalue weighted by molar-refractivity contribution is -0.136. The second-order valence-electron chi connectivity index (χ2n) is 5.68. The summed E-state index contributed by atoms with van der Waals surface area (Å²) in [5, 5.41) is 5.92. The fourth-order valence-electron chi connectivity index (χ4n) is 3.01. The first-order chi connectivity index (χ1) is 10.0. The Bertz CT molecular complexity index is 596. The van der Waals surface area contributed by atoms with Gasteiger partial charge in [-0.25, -0.2) is 4.39 Å². The molecule has 0 saturated carbocycles. The van der Waals surface area contributed by atoms with Crippen LogP contribution in [0.15, 0.2) is 18.2 Å². The molecule has 2 atom stereocenters. The number of carbonyl (C=O) groups excluding carboxylic acids is 2. The molecule has 2 heterocycles. The van der Waals surface area contributed by atoms with Crippen LogP contribution in [0.4, 0.5) is 10.1 Å². The number of hydrogen-bond donors (Lipinski definition) is 2. The average Bonchev–Trinajstić information content (AvgIpc) is 2.45. The van der Waals surface area contributed by atoms with Crippen molar-refractivity contribution >= 4 is 29.9 Å². The molecule has 1 fully saturated rings. The SMILES string of the molecule is CC1CN(C(=O)C2CC(=O)Nc3cc(F)ccc32)CCN1.Cl. The summed E-state index contributed by atoms with van der Waals surface area (Å²) >= 11 is 0. The van der Waals surface area contributed by atoms with Crippen molar-refractivity contribution in [3.8, 4) is 0 Å². The molecule has 1 saturated heterocycles. The first kappa shape index (κ1) is 16.7. The topological polar surface area (TPSA) is 61.4 Å². The van der Waals surface area contributed by atoms with Crippen molar-refractivity contribution in [1.29, 1.82) is 0 Å². The van der Waals surface area contributed by atoms with Gasteiger partial charge in [0.2, 0.25) is 11.8 Å². The molecule has 0 bridgehead atoms. The monoisotopic (exact) mass is 327 g/mol. The molecule has 120 valence electrons. The van der Waals surface area contributed by atoms with Crippen LogP contribution in [0, 0.1) is 5.82 Å². The molecule has 2 amide bonds. The molecule has 2 aliphatic rings. The minimum absolute atomic E-state index is 0. The zero-order chi connectivity index (χ0) is 15.0. The minimum Gasteiger partial charge on any atom is -0.339 e. The Morgan fingerprint density at radius 2 is 2.18 bits per heavy atom. The fraction of sp³-hybridized carbons (Fsp3) is 0.467. The van der Waals surface area contributed by atoms with Crippen LogP contribution in [-0.4, -0.2) is 42.4 Å². The van der Waals surface area contributed by atoms with Gasteiger partial charge in [-0.3, -0.25) is 9.59 Å². The van der Waals surface area contributed by atoms with Crippen LogP contribution in [0.3, 0.4) is 0 Å². The first-order valence-electron chi connectivity index (χ1n) is 7.16. The Balaban J connectivity index is 0.00000176. The molecule has 2 N–H and O–H groups in total. The number of rotatable bonds is 1. The van der Waals surface area contributed by atoms with E-state index in [2.05, 4.69) is 10.6 Å². The van der Waals surface area contributed by atoms with E-state index in [0.717, 1.165) is 6.54 Å². The number of anilines is 1. The zero-order valence-electron chi connectivity index (χ0n) is 12.3. The number of nitrogens with one attached hydrogen (secondary N) is 2. The predicted molar refractivity (Wildman–Crippen MR) is 83.7 cm³/mol. The van der Waals surface area contributed by atoms with Gasteiger partial charge in [0.1, 0.15) is 5.82 Å². The van der Waals surface area contributed by atoms with Crippen molar-refractivity contribution in [2.75, 3.05) is 25.0 Å². The summed E-state index contributed by atoms with van der Waals surface area (Å²) in [7, 11) is 0. The highest BCUT2D eigenvalue weighted by atomic mass is 35.5. The molecule has 1 aromatic carbocycles. The van der Waals surface area contributed by atoms with E-state index in [1.165, 1.54) is 12.1 Å². The summed E-state index contributed by atoms with van der Waals surface area (Å²) in [6.45, 7) is 4.05. The Morgan fingerprint density at radius 3 is 2.91 bits per heavy atom. The second kappa shape index (κ2) is 6.62. The third kappa shape index (κ3) is 3.23. The van der Waals surface area contributed by atoms with Crippen LogP contribution >= 0.6 is 12.4 Å². The second-order valence-corrected chi connectivity index (χ2v) is 5.68. The minimum atomic E-state index is -0.514. The number of amides is 2. The lowest BCUT2D eigenvalue weighted by Crippen LogP contribution is -2.53. The van der Waals surface area contributed by atoms with E-state index >= 15 is 0 Å². The molecule has 22 heavy (non-hydrogen) atoms. The van der Waals surface area contributed by atoms with Crippen LogP contribution in [-0.2, 0) is 9.59 Å². The van der Waals surface area contributed by atoms with Gasteiger partial charge in [-0.2, -0.15) is 0 Å². The number of piperazine rings is 1. The van der Waals surface area contributed by atoms with Gasteiger partial charge >= 0.3 is 0 Å². The van der Waals surface area contributed by atoms with Crippen molar-refractivity contribution < 1.29 is 14.0 Å². The maximum atomic E-state index is 13.3. The smallest absolute Gasteiger partial charge is 0.230 e. The summed E-state index contributed by atoms with van der Waals surface area (Å²) in [5.74, 6) is -1.22. The molecule has 7 heteroatoms. The maximum Gasteiger partial charge on any atom is 0.230 e. The molecule has 0 radical (unpaired) electrons. The van der Waals surface area contributed by atoms with Crippen molar-refractivity contribution in [2.24, 2.45) is 0 Å². The summed E-state index contributed by atoms with van der Waals surface area (Å²) in [6.07, 6.45) is 0.121. The maximum absolute atomic E-state index is 13.3. The van der Waals surface area contributed by atoms with Crippen molar-refractivity contribution in [3.05, 3.63) is 29.6 Å². The molecular formula is C15H19ClFN3O2. The number of nitrogens with zero attached hydrogens (tertiary/aromatic N) is 1. The molecule has 2 aliphatic heterocycles. The standard InChI is InChI=1S/C15H18FN3O2.ClH/c1-9-8-19(5-4-17-9)15(21)12-7-14(20)18-13-6-10(16)2-3-11(12)13;/h2-3,6,9,12,17H,4-5,7-8H2,1H3,(H,18,20);1H. The highest BCUT2D eigenvalue weighted by molar-refractivity contribution is 6.01. The van der Waals surface area contributed by atoms with Crippen LogP contribution in [0.2, 0.25) is 0 Å². The largest absolute Gasteiger partial charge is 0.339 e. The molecular weight excluding hydrogens is 309 g/mol. The summed E-state index contributed by atoms with van der Waals surface area (Å²) in [5.41, 5.74) is 1.11. The Labute approximate surface area is 134 Å². The highest BCUT2D eigenvalue weighted by Crippen LogP contribution is 2.34. The van der Waals surface area contributed by atoms with Gasteiger partial charge in [-0.05, 0) is 24.6 Å². The van der Waals surface area contributed by atoms with E-state index in [1.54, 1.807) is 11.0 Å². The number of hydrogen-bond acceptors (Lipinski definition) is 3. The molecule has 1 aromatic rings. The van der Waals surface area contributed by atoms with Gasteiger partial charge in [0, 0.05) is 37.8 Å². The fourth-order valence-corrected chi connectivity index (χ4v) is 3.01. The van der Waals surface area contributed by atoms with Crippen molar-refractivity contribution in [2.45, 2.75) is 25.3 Å². The third-order valence-electron chi connectivity index (χ3n) is 4.03. The Kier molecular flexibility index (Phi) is 5.03. The molecule has 0 spiro atoms. The van der Waals surface area contributed by atoms with E-state index in [4.69, 9.17) is 0 Å². The Hall–Kier alpha value is -1.66. The van der Waals surface area contributed by atoms with E-state index in [9.17, 15) is 14.0 Å². The van der Waals surface area contributed by atoms with Crippen LogP contribution in [0.5, 0.6) is 0 Å². The predicted octanol–water partition coefficient (Wildman–Crippen LogP) is 1.49. The van der Waals surface area contributed by atoms with Crippen molar-refractivity contribution in [3.63, 3.8) is 0 Å². The van der Waals surface area contributed by atoms with Gasteiger partial charge in [-0.1, -0.05) is 6.07 Å². The van der Waals surface area contributed by atoms with Crippen LogP contribution in [0.25, 0.3) is 0 Å². The van der Waals surface area contributed by atoms with Gasteiger partial charge in [0.15, 0.2) is 0 Å². The number of carbonyl (C=O) groups is 2. The van der Waals surface area contributed by atoms with Crippen molar-refractivity contribution in [1.82, 2.24) is 10.2 Å². The normalized spacial score (nSPS) is 24.1. The molecule has 3 rings (SSSR count). The van der Waals surface area contributed by atoms with E-state index in [0.29, 0.717) is 24.3 Å². The third-order valence-corrected chi connectivity index (χ3v) is 4.03. The van der Waals surface area contributed by atoms with Gasteiger partial charge in [0.25, 0.3) is 0 Å². The lowest BCUT2D eigenvalue weighted by atomic mass is 9.89. The van der Waals surface area contributed by atoms with Gasteiger partial charge in [0.05, 0.1) is 5.92 Å². The molecule has 0 aromatic heterocycles. The molecule has 2 unspecified atom stereocenters. The molecule has 0 aliphatic carbocycles. The Morgan fingerprint density at radius 1 is 1.41 bits per heavy atom. The van der Waals surface area contributed by atoms with Crippen LogP contribution < -0.4 is 10.6 Å². The first-order valence-corrected chi connectivity index (χ1v) is 7.16. The van der Waals surface area contributed by atoms with E-state index < -0.39 is 11.7 Å². The van der Waals surface area contributed by atoms with Gasteiger partial charge < -0.3 is 15.5 Å². The highest BCUT2D eigenvalue weighted by Gasteiger charge is 2.34. The van der Waals surface area contributed by atoms with Crippen LogP contribution in [0.1, 0.15) is 24.8 Å². The quantitative estimate of drug-likeness (QED) is 0.821. The summed E-state index contributed by atoms with van der Waals surface area (Å²) in [6, 6.07) is 4.44. The zero-order valence-corrected chi connectivity index (χ0v) is 13.1. The molecule has 5 nitrogen and oxygen atoms in total. The summed E-state index contributed by atoms with van der Waals surface area (Å²) in [4.78, 5) is 26.3. The summed E-state index contributed by atoms with van der Waals surface area (Å²) < 4.78 is 13.3. The van der Waals surface area contributed by atoms with Gasteiger partial charge in [-0.15, -0.1) is 12.4 Å². The number of fused-ring (bicyclic) bond motifs is 1. The lowest BCUT2D eigenvalue weighted by Gasteiger charge is -2.35. The van der Waals surface area contributed by atoms with E-state index in [1.807, 2.05) is 6.92 Å². The van der Waals surface area contributed by atoms with E-state index in [-0.39, 0.29) is 36.7 Å². The number of halogens is 2. The number of benzene rings is 1. The average molecular weight is 328 g/mol.